The van der Waals surface area contributed by atoms with Gasteiger partial charge in [0.1, 0.15) is 6.79 Å². The summed E-state index contributed by atoms with van der Waals surface area (Å²) in [5, 5.41) is 0.171. The predicted octanol–water partition coefficient (Wildman–Crippen LogP) is 3.95. The fraction of sp³-hybridized carbons (Fsp3) is 1.00. The molecule has 0 amide bonds. The van der Waals surface area contributed by atoms with Crippen molar-refractivity contribution in [2.45, 2.75) is 77.0 Å². The van der Waals surface area contributed by atoms with Gasteiger partial charge in [-0.1, -0.05) is 20.8 Å². The number of hydrogen-bond acceptors (Lipinski definition) is 6. The van der Waals surface area contributed by atoms with Crippen LogP contribution in [0.15, 0.2) is 0 Å². The Balaban J connectivity index is 2.46. The SMILES string of the molecule is COCCOCOC[C@@H](CCCC1(C)OCCO1)O[Si](C)(C)C(C)(C)C. The molecular weight excluding hydrogens is 352 g/mol. The molecule has 0 aromatic rings. The normalized spacial score (nSPS) is 19.0. The van der Waals surface area contributed by atoms with Crippen LogP contribution in [0.3, 0.4) is 0 Å². The maximum absolute atomic E-state index is 6.58. The summed E-state index contributed by atoms with van der Waals surface area (Å²) in [6.07, 6.45) is 2.83. The maximum atomic E-state index is 6.58. The molecule has 0 unspecified atom stereocenters. The van der Waals surface area contributed by atoms with E-state index in [4.69, 9.17) is 28.1 Å². The van der Waals surface area contributed by atoms with E-state index in [0.717, 1.165) is 19.3 Å². The summed E-state index contributed by atoms with van der Waals surface area (Å²) in [6.45, 7) is 16.6. The van der Waals surface area contributed by atoms with E-state index in [1.54, 1.807) is 7.11 Å². The number of methoxy groups -OCH3 is 1. The van der Waals surface area contributed by atoms with E-state index >= 15 is 0 Å². The molecule has 1 atom stereocenters. The van der Waals surface area contributed by atoms with E-state index in [2.05, 4.69) is 33.9 Å². The molecule has 1 aliphatic heterocycles. The first-order chi connectivity index (χ1) is 12.1. The number of rotatable bonds is 13. The molecule has 0 bridgehead atoms. The number of ether oxygens (including phenoxy) is 5. The van der Waals surface area contributed by atoms with Crippen LogP contribution in [0.5, 0.6) is 0 Å². The Kier molecular flexibility index (Phi) is 10.2. The minimum atomic E-state index is -1.85. The molecule has 7 heteroatoms. The van der Waals surface area contributed by atoms with Crippen molar-refractivity contribution < 1.29 is 28.1 Å². The van der Waals surface area contributed by atoms with Crippen molar-refractivity contribution in [3.63, 3.8) is 0 Å². The second-order valence-electron chi connectivity index (χ2n) is 8.61. The lowest BCUT2D eigenvalue weighted by Crippen LogP contribution is -2.45. The van der Waals surface area contributed by atoms with Crippen LogP contribution in [-0.4, -0.2) is 67.1 Å². The smallest absolute Gasteiger partial charge is 0.192 e. The van der Waals surface area contributed by atoms with Crippen molar-refractivity contribution in [1.82, 2.24) is 0 Å². The molecular formula is C19H40O6Si. The molecule has 0 aromatic carbocycles. The highest BCUT2D eigenvalue weighted by atomic mass is 28.4. The van der Waals surface area contributed by atoms with Crippen LogP contribution in [-0.2, 0) is 28.1 Å². The second-order valence-corrected chi connectivity index (χ2v) is 13.4. The van der Waals surface area contributed by atoms with Gasteiger partial charge in [-0.2, -0.15) is 0 Å². The largest absolute Gasteiger partial charge is 0.412 e. The quantitative estimate of drug-likeness (QED) is 0.269. The van der Waals surface area contributed by atoms with Crippen LogP contribution >= 0.6 is 0 Å². The summed E-state index contributed by atoms with van der Waals surface area (Å²) in [7, 11) is -0.194. The monoisotopic (exact) mass is 392 g/mol. The first-order valence-electron chi connectivity index (χ1n) is 9.70. The number of hydrogen-bond donors (Lipinski definition) is 0. The molecule has 0 saturated carbocycles. The third-order valence-electron chi connectivity index (χ3n) is 5.22. The van der Waals surface area contributed by atoms with Crippen molar-refractivity contribution in [2.75, 3.05) is 46.9 Å². The molecule has 1 aliphatic rings. The summed E-state index contributed by atoms with van der Waals surface area (Å²) in [4.78, 5) is 0. The Hall–Kier alpha value is -0.0231. The van der Waals surface area contributed by atoms with E-state index < -0.39 is 14.1 Å². The second kappa shape index (κ2) is 11.1. The van der Waals surface area contributed by atoms with E-state index in [-0.39, 0.29) is 17.9 Å². The Morgan fingerprint density at radius 1 is 1.08 bits per heavy atom. The van der Waals surface area contributed by atoms with Gasteiger partial charge in [-0.15, -0.1) is 0 Å². The van der Waals surface area contributed by atoms with Crippen molar-refractivity contribution in [3.8, 4) is 0 Å². The summed E-state index contributed by atoms with van der Waals surface area (Å²) in [6, 6.07) is 0. The fourth-order valence-electron chi connectivity index (χ4n) is 2.56. The highest BCUT2D eigenvalue weighted by Gasteiger charge is 2.39. The molecule has 1 fully saturated rings. The van der Waals surface area contributed by atoms with Crippen molar-refractivity contribution in [3.05, 3.63) is 0 Å². The maximum Gasteiger partial charge on any atom is 0.192 e. The average Bonchev–Trinajstić information content (AvgIpc) is 2.96. The zero-order valence-corrected chi connectivity index (χ0v) is 18.9. The minimum Gasteiger partial charge on any atom is -0.412 e. The van der Waals surface area contributed by atoms with Crippen LogP contribution in [0, 0.1) is 0 Å². The zero-order chi connectivity index (χ0) is 19.7. The summed E-state index contributed by atoms with van der Waals surface area (Å²) >= 11 is 0. The van der Waals surface area contributed by atoms with Crippen LogP contribution in [0.2, 0.25) is 18.1 Å². The Labute approximate surface area is 160 Å². The van der Waals surface area contributed by atoms with Crippen LogP contribution in [0.4, 0.5) is 0 Å². The van der Waals surface area contributed by atoms with Gasteiger partial charge in [0.15, 0.2) is 14.1 Å². The Morgan fingerprint density at radius 2 is 1.73 bits per heavy atom. The molecule has 156 valence electrons. The minimum absolute atomic E-state index is 0.0620. The molecule has 0 aliphatic carbocycles. The van der Waals surface area contributed by atoms with Gasteiger partial charge in [-0.25, -0.2) is 0 Å². The summed E-state index contributed by atoms with van der Waals surface area (Å²) in [5.74, 6) is -0.439. The van der Waals surface area contributed by atoms with Crippen molar-refractivity contribution in [1.29, 1.82) is 0 Å². The molecule has 0 aromatic heterocycles. The Bertz CT molecular complexity index is 377. The predicted molar refractivity (Wildman–Crippen MR) is 105 cm³/mol. The van der Waals surface area contributed by atoms with E-state index in [1.807, 2.05) is 6.92 Å². The topological polar surface area (TPSA) is 55.4 Å². The van der Waals surface area contributed by atoms with E-state index in [0.29, 0.717) is 33.0 Å². The van der Waals surface area contributed by atoms with Gasteiger partial charge in [0.25, 0.3) is 0 Å². The third-order valence-corrected chi connectivity index (χ3v) is 9.76. The van der Waals surface area contributed by atoms with E-state index in [1.165, 1.54) is 0 Å². The molecule has 0 radical (unpaired) electrons. The first-order valence-corrected chi connectivity index (χ1v) is 12.6. The van der Waals surface area contributed by atoms with Gasteiger partial charge in [0, 0.05) is 13.5 Å². The third kappa shape index (κ3) is 8.78. The van der Waals surface area contributed by atoms with E-state index in [9.17, 15) is 0 Å². The van der Waals surface area contributed by atoms with Crippen molar-refractivity contribution >= 4 is 8.32 Å². The lowest BCUT2D eigenvalue weighted by molar-refractivity contribution is -0.148. The van der Waals surface area contributed by atoms with Gasteiger partial charge >= 0.3 is 0 Å². The molecule has 0 spiro atoms. The standard InChI is InChI=1S/C19H40O6Si/c1-18(2,3)26(6,7)25-17(15-22-16-21-12-11-20-5)9-8-10-19(4)23-13-14-24-19/h17H,8-16H2,1-7H3/t17-/m1/s1. The summed E-state index contributed by atoms with van der Waals surface area (Å²) < 4.78 is 34.0. The van der Waals surface area contributed by atoms with Gasteiger partial charge in [0.2, 0.25) is 0 Å². The van der Waals surface area contributed by atoms with Gasteiger partial charge in [0.05, 0.1) is 39.1 Å². The fourth-order valence-corrected chi connectivity index (χ4v) is 3.93. The van der Waals surface area contributed by atoms with Gasteiger partial charge in [-0.05, 0) is 37.9 Å². The molecule has 1 heterocycles. The lowest BCUT2D eigenvalue weighted by atomic mass is 10.1. The molecule has 0 N–H and O–H groups in total. The average molecular weight is 393 g/mol. The van der Waals surface area contributed by atoms with Crippen LogP contribution in [0.1, 0.15) is 47.0 Å². The highest BCUT2D eigenvalue weighted by molar-refractivity contribution is 6.74. The van der Waals surface area contributed by atoms with Gasteiger partial charge in [-0.3, -0.25) is 0 Å². The van der Waals surface area contributed by atoms with Crippen LogP contribution in [0.25, 0.3) is 0 Å². The first kappa shape index (κ1) is 24.0. The zero-order valence-electron chi connectivity index (χ0n) is 17.9. The van der Waals surface area contributed by atoms with Gasteiger partial charge < -0.3 is 28.1 Å². The highest BCUT2D eigenvalue weighted by Crippen LogP contribution is 2.38. The molecule has 1 rings (SSSR count). The summed E-state index contributed by atoms with van der Waals surface area (Å²) in [5.41, 5.74) is 0. The molecule has 1 saturated heterocycles. The Morgan fingerprint density at radius 3 is 2.31 bits per heavy atom. The molecule has 6 nitrogen and oxygen atoms in total. The molecule has 26 heavy (non-hydrogen) atoms. The van der Waals surface area contributed by atoms with Crippen molar-refractivity contribution in [2.24, 2.45) is 0 Å². The lowest BCUT2D eigenvalue weighted by Gasteiger charge is -2.39. The van der Waals surface area contributed by atoms with Crippen LogP contribution < -0.4 is 0 Å².